The average Bonchev–Trinajstić information content (AvgIpc) is 2.75. The fourth-order valence-corrected chi connectivity index (χ4v) is 3.04. The van der Waals surface area contributed by atoms with Crippen molar-refractivity contribution in [1.82, 2.24) is 4.90 Å². The van der Waals surface area contributed by atoms with Crippen LogP contribution in [0.5, 0.6) is 0 Å². The summed E-state index contributed by atoms with van der Waals surface area (Å²) >= 11 is 0. The van der Waals surface area contributed by atoms with Crippen LogP contribution in [0.15, 0.2) is 0 Å². The summed E-state index contributed by atoms with van der Waals surface area (Å²) < 4.78 is 0. The van der Waals surface area contributed by atoms with Gasteiger partial charge in [-0.15, -0.1) is 0 Å². The lowest BCUT2D eigenvalue weighted by Gasteiger charge is -2.34. The van der Waals surface area contributed by atoms with Gasteiger partial charge in [0.25, 0.3) is 0 Å². The number of nitrogens with zero attached hydrogens (tertiary/aromatic N) is 2. The van der Waals surface area contributed by atoms with Crippen LogP contribution in [-0.4, -0.2) is 23.4 Å². The number of carbonyl (C=O) groups excluding carboxylic acids is 1. The van der Waals surface area contributed by atoms with E-state index in [4.69, 9.17) is 0 Å². The predicted octanol–water partition coefficient (Wildman–Crippen LogP) is 2.47. The van der Waals surface area contributed by atoms with Crippen molar-refractivity contribution < 1.29 is 4.79 Å². The van der Waals surface area contributed by atoms with Crippen LogP contribution in [0.25, 0.3) is 0 Å². The Hall–Kier alpha value is -1.04. The summed E-state index contributed by atoms with van der Waals surface area (Å²) in [5.74, 6) is 0.111. The Morgan fingerprint density at radius 2 is 2.00 bits per heavy atom. The minimum Gasteiger partial charge on any atom is -0.339 e. The van der Waals surface area contributed by atoms with Gasteiger partial charge in [-0.3, -0.25) is 4.79 Å². The van der Waals surface area contributed by atoms with Crippen molar-refractivity contribution in [1.29, 1.82) is 5.26 Å². The maximum absolute atomic E-state index is 12.5. The second-order valence-electron chi connectivity index (χ2n) is 5.24. The first-order chi connectivity index (χ1) is 7.69. The molecule has 1 heterocycles. The average molecular weight is 220 g/mol. The summed E-state index contributed by atoms with van der Waals surface area (Å²) in [5.41, 5.74) is -0.684. The molecular weight excluding hydrogens is 200 g/mol. The fraction of sp³-hybridized carbons (Fsp3) is 0.846. The molecule has 0 aromatic carbocycles. The van der Waals surface area contributed by atoms with Gasteiger partial charge in [0.05, 0.1) is 6.07 Å². The highest BCUT2D eigenvalue weighted by molar-refractivity contribution is 5.86. The van der Waals surface area contributed by atoms with Crippen molar-refractivity contribution in [3.8, 4) is 6.07 Å². The van der Waals surface area contributed by atoms with Gasteiger partial charge in [0.1, 0.15) is 5.41 Å². The van der Waals surface area contributed by atoms with Gasteiger partial charge in [0.2, 0.25) is 5.91 Å². The molecule has 1 amide bonds. The minimum atomic E-state index is -0.684. The summed E-state index contributed by atoms with van der Waals surface area (Å²) in [6.07, 6.45) is 6.95. The van der Waals surface area contributed by atoms with Gasteiger partial charge in [-0.25, -0.2) is 0 Å². The van der Waals surface area contributed by atoms with Crippen LogP contribution in [0.2, 0.25) is 0 Å². The van der Waals surface area contributed by atoms with Gasteiger partial charge in [-0.1, -0.05) is 19.3 Å². The number of hydrogen-bond acceptors (Lipinski definition) is 2. The molecule has 1 unspecified atom stereocenters. The molecule has 2 fully saturated rings. The zero-order valence-electron chi connectivity index (χ0n) is 10.0. The highest BCUT2D eigenvalue weighted by atomic mass is 16.2. The Bertz CT molecular complexity index is 312. The van der Waals surface area contributed by atoms with Crippen molar-refractivity contribution in [2.24, 2.45) is 5.41 Å². The predicted molar refractivity (Wildman–Crippen MR) is 61.5 cm³/mol. The van der Waals surface area contributed by atoms with Crippen molar-refractivity contribution in [3.05, 3.63) is 0 Å². The third-order valence-electron chi connectivity index (χ3n) is 4.14. The number of hydrogen-bond donors (Lipinski definition) is 0. The molecular formula is C13H20N2O. The number of amides is 1. The molecule has 1 atom stereocenters. The van der Waals surface area contributed by atoms with E-state index in [1.54, 1.807) is 0 Å². The van der Waals surface area contributed by atoms with E-state index in [-0.39, 0.29) is 5.91 Å². The Kier molecular flexibility index (Phi) is 3.18. The van der Waals surface area contributed by atoms with Crippen molar-refractivity contribution >= 4 is 5.91 Å². The molecule has 0 bridgehead atoms. The van der Waals surface area contributed by atoms with Gasteiger partial charge in [0, 0.05) is 12.6 Å². The van der Waals surface area contributed by atoms with Crippen LogP contribution >= 0.6 is 0 Å². The summed E-state index contributed by atoms with van der Waals surface area (Å²) in [6, 6.07) is 2.66. The summed E-state index contributed by atoms with van der Waals surface area (Å²) in [6.45, 7) is 2.95. The van der Waals surface area contributed by atoms with Crippen LogP contribution in [-0.2, 0) is 4.79 Å². The van der Waals surface area contributed by atoms with Crippen LogP contribution in [0.4, 0.5) is 0 Å². The van der Waals surface area contributed by atoms with Gasteiger partial charge < -0.3 is 4.90 Å². The first kappa shape index (κ1) is 11.4. The quantitative estimate of drug-likeness (QED) is 0.681. The van der Waals surface area contributed by atoms with Crippen LogP contribution < -0.4 is 0 Å². The summed E-state index contributed by atoms with van der Waals surface area (Å²) in [4.78, 5) is 14.4. The molecule has 1 saturated heterocycles. The normalized spacial score (nSPS) is 28.8. The number of carbonyl (C=O) groups is 1. The zero-order valence-corrected chi connectivity index (χ0v) is 10.0. The molecule has 0 radical (unpaired) electrons. The lowest BCUT2D eigenvalue weighted by molar-refractivity contribution is -0.141. The Morgan fingerprint density at radius 3 is 2.50 bits per heavy atom. The Labute approximate surface area is 97.4 Å². The largest absolute Gasteiger partial charge is 0.339 e. The first-order valence-corrected chi connectivity index (χ1v) is 6.42. The molecule has 1 aliphatic carbocycles. The van der Waals surface area contributed by atoms with Crippen molar-refractivity contribution in [2.75, 3.05) is 6.54 Å². The molecule has 88 valence electrons. The van der Waals surface area contributed by atoms with E-state index in [1.165, 1.54) is 6.42 Å². The standard InChI is InChI=1S/C13H20N2O/c1-11-6-5-9-15(11)12(16)13(10-14)7-3-2-4-8-13/h11H,2-9H2,1H3. The van der Waals surface area contributed by atoms with E-state index in [9.17, 15) is 10.1 Å². The third-order valence-corrected chi connectivity index (χ3v) is 4.14. The smallest absolute Gasteiger partial charge is 0.243 e. The van der Waals surface area contributed by atoms with E-state index in [0.29, 0.717) is 6.04 Å². The monoisotopic (exact) mass is 220 g/mol. The van der Waals surface area contributed by atoms with Gasteiger partial charge in [-0.2, -0.15) is 5.26 Å². The molecule has 1 saturated carbocycles. The molecule has 16 heavy (non-hydrogen) atoms. The van der Waals surface area contributed by atoms with E-state index in [1.807, 2.05) is 4.90 Å². The number of rotatable bonds is 1. The molecule has 0 aromatic rings. The maximum Gasteiger partial charge on any atom is 0.243 e. The van der Waals surface area contributed by atoms with E-state index in [0.717, 1.165) is 45.1 Å². The summed E-state index contributed by atoms with van der Waals surface area (Å²) in [5, 5.41) is 9.36. The Balaban J connectivity index is 2.15. The van der Waals surface area contributed by atoms with E-state index < -0.39 is 5.41 Å². The number of nitriles is 1. The van der Waals surface area contributed by atoms with Gasteiger partial charge in [0.15, 0.2) is 0 Å². The SMILES string of the molecule is CC1CCCN1C(=O)C1(C#N)CCCCC1. The second-order valence-corrected chi connectivity index (χ2v) is 5.24. The van der Waals surface area contributed by atoms with Crippen LogP contribution in [0, 0.1) is 16.7 Å². The zero-order chi connectivity index (χ0) is 11.6. The van der Waals surface area contributed by atoms with Crippen molar-refractivity contribution in [2.45, 2.75) is 57.9 Å². The molecule has 2 rings (SSSR count). The highest BCUT2D eigenvalue weighted by Gasteiger charge is 2.44. The molecule has 0 N–H and O–H groups in total. The molecule has 3 heteroatoms. The first-order valence-electron chi connectivity index (χ1n) is 6.42. The Morgan fingerprint density at radius 1 is 1.31 bits per heavy atom. The number of likely N-dealkylation sites (tertiary alicyclic amines) is 1. The second kappa shape index (κ2) is 4.45. The van der Waals surface area contributed by atoms with Crippen LogP contribution in [0.1, 0.15) is 51.9 Å². The third kappa shape index (κ3) is 1.81. The molecule has 3 nitrogen and oxygen atoms in total. The van der Waals surface area contributed by atoms with Gasteiger partial charge >= 0.3 is 0 Å². The van der Waals surface area contributed by atoms with Crippen molar-refractivity contribution in [3.63, 3.8) is 0 Å². The highest BCUT2D eigenvalue weighted by Crippen LogP contribution is 2.38. The summed E-state index contributed by atoms with van der Waals surface area (Å²) in [7, 11) is 0. The minimum absolute atomic E-state index is 0.111. The lowest BCUT2D eigenvalue weighted by atomic mass is 9.74. The van der Waals surface area contributed by atoms with Gasteiger partial charge in [-0.05, 0) is 32.6 Å². The molecule has 0 spiro atoms. The maximum atomic E-state index is 12.5. The van der Waals surface area contributed by atoms with Crippen LogP contribution in [0.3, 0.4) is 0 Å². The molecule has 0 aromatic heterocycles. The van der Waals surface area contributed by atoms with E-state index in [2.05, 4.69) is 13.0 Å². The molecule has 1 aliphatic heterocycles. The van der Waals surface area contributed by atoms with E-state index >= 15 is 0 Å². The topological polar surface area (TPSA) is 44.1 Å². The molecule has 2 aliphatic rings. The lowest BCUT2D eigenvalue weighted by Crippen LogP contribution is -2.45. The fourth-order valence-electron chi connectivity index (χ4n) is 3.04.